The lowest BCUT2D eigenvalue weighted by Gasteiger charge is -2.33. The van der Waals surface area contributed by atoms with E-state index in [0.717, 1.165) is 11.3 Å². The minimum absolute atomic E-state index is 0.179. The standard InChI is InChI=1S/C14H17ClN2O2S/c1-16-12(18)14(8-9-20-3,17(2)13(16)19)10-4-6-11(15)7-5-10/h4-7H,8-9H2,1-3H3. The maximum Gasteiger partial charge on any atom is 0.327 e. The van der Waals surface area contributed by atoms with Gasteiger partial charge in [0.1, 0.15) is 5.54 Å². The molecule has 0 saturated carbocycles. The van der Waals surface area contributed by atoms with E-state index in [9.17, 15) is 9.59 Å². The Bertz CT molecular complexity index is 534. The lowest BCUT2D eigenvalue weighted by molar-refractivity contribution is -0.132. The number of carbonyl (C=O) groups excluding carboxylic acids is 2. The van der Waals surface area contributed by atoms with Gasteiger partial charge in [0.05, 0.1) is 0 Å². The summed E-state index contributed by atoms with van der Waals surface area (Å²) >= 11 is 7.57. The molecular formula is C14H17ClN2O2S. The van der Waals surface area contributed by atoms with Crippen molar-refractivity contribution in [1.29, 1.82) is 0 Å². The summed E-state index contributed by atoms with van der Waals surface area (Å²) < 4.78 is 0. The van der Waals surface area contributed by atoms with E-state index in [4.69, 9.17) is 11.6 Å². The van der Waals surface area contributed by atoms with Crippen LogP contribution in [0.2, 0.25) is 5.02 Å². The zero-order valence-corrected chi connectivity index (χ0v) is 13.3. The number of hydrogen-bond acceptors (Lipinski definition) is 3. The number of nitrogens with zero attached hydrogens (tertiary/aromatic N) is 2. The zero-order chi connectivity index (χ0) is 14.9. The first-order valence-electron chi connectivity index (χ1n) is 6.26. The first kappa shape index (κ1) is 15.2. The summed E-state index contributed by atoms with van der Waals surface area (Å²) in [6.07, 6.45) is 2.57. The predicted molar refractivity (Wildman–Crippen MR) is 82.1 cm³/mol. The molecule has 1 aliphatic heterocycles. The molecule has 1 aliphatic rings. The SMILES string of the molecule is CSCCC1(c2ccc(Cl)cc2)C(=O)N(C)C(=O)N1C. The summed E-state index contributed by atoms with van der Waals surface area (Å²) in [4.78, 5) is 27.5. The highest BCUT2D eigenvalue weighted by Crippen LogP contribution is 2.39. The number of carbonyl (C=O) groups is 2. The maximum absolute atomic E-state index is 12.7. The molecule has 1 heterocycles. The molecule has 3 amide bonds. The Morgan fingerprint density at radius 2 is 1.80 bits per heavy atom. The van der Waals surface area contributed by atoms with E-state index < -0.39 is 5.54 Å². The van der Waals surface area contributed by atoms with Crippen LogP contribution in [0.4, 0.5) is 4.79 Å². The van der Waals surface area contributed by atoms with Crippen molar-refractivity contribution in [3.05, 3.63) is 34.9 Å². The number of halogens is 1. The van der Waals surface area contributed by atoms with Gasteiger partial charge in [0.2, 0.25) is 0 Å². The molecular weight excluding hydrogens is 296 g/mol. The smallest absolute Gasteiger partial charge is 0.308 e. The summed E-state index contributed by atoms with van der Waals surface area (Å²) in [5.41, 5.74) is -0.111. The average molecular weight is 313 g/mol. The molecule has 1 aromatic carbocycles. The molecule has 0 aliphatic carbocycles. The van der Waals surface area contributed by atoms with Gasteiger partial charge < -0.3 is 4.90 Å². The molecule has 20 heavy (non-hydrogen) atoms. The summed E-state index contributed by atoms with van der Waals surface area (Å²) in [6, 6.07) is 6.88. The van der Waals surface area contributed by atoms with Crippen LogP contribution < -0.4 is 0 Å². The van der Waals surface area contributed by atoms with Crippen molar-refractivity contribution in [3.8, 4) is 0 Å². The Labute approximate surface area is 128 Å². The van der Waals surface area contributed by atoms with Gasteiger partial charge in [-0.15, -0.1) is 0 Å². The number of likely N-dealkylation sites (N-methyl/N-ethyl adjacent to an activating group) is 2. The molecule has 1 fully saturated rings. The third-order valence-electron chi connectivity index (χ3n) is 3.79. The first-order chi connectivity index (χ1) is 9.45. The van der Waals surface area contributed by atoms with E-state index in [0.29, 0.717) is 11.4 Å². The molecule has 0 spiro atoms. The highest BCUT2D eigenvalue weighted by atomic mass is 35.5. The van der Waals surface area contributed by atoms with Gasteiger partial charge in [-0.05, 0) is 36.1 Å². The summed E-state index contributed by atoms with van der Waals surface area (Å²) in [5, 5.41) is 0.613. The van der Waals surface area contributed by atoms with Gasteiger partial charge in [-0.1, -0.05) is 23.7 Å². The largest absolute Gasteiger partial charge is 0.327 e. The highest BCUT2D eigenvalue weighted by Gasteiger charge is 2.54. The normalized spacial score (nSPS) is 22.8. The van der Waals surface area contributed by atoms with Gasteiger partial charge >= 0.3 is 6.03 Å². The number of thioether (sulfide) groups is 1. The summed E-state index contributed by atoms with van der Waals surface area (Å²) in [6.45, 7) is 0. The van der Waals surface area contributed by atoms with E-state index >= 15 is 0 Å². The second-order valence-corrected chi connectivity index (χ2v) is 6.24. The molecule has 4 nitrogen and oxygen atoms in total. The van der Waals surface area contributed by atoms with Crippen LogP contribution in [0.1, 0.15) is 12.0 Å². The number of urea groups is 1. The van der Waals surface area contributed by atoms with Gasteiger partial charge in [-0.3, -0.25) is 9.69 Å². The fourth-order valence-corrected chi connectivity index (χ4v) is 3.23. The minimum atomic E-state index is -0.917. The Morgan fingerprint density at radius 3 is 2.25 bits per heavy atom. The van der Waals surface area contributed by atoms with Crippen molar-refractivity contribution in [3.63, 3.8) is 0 Å². The number of imide groups is 1. The monoisotopic (exact) mass is 312 g/mol. The van der Waals surface area contributed by atoms with E-state index in [1.165, 1.54) is 16.8 Å². The topological polar surface area (TPSA) is 40.6 Å². The lowest BCUT2D eigenvalue weighted by atomic mass is 9.86. The zero-order valence-electron chi connectivity index (χ0n) is 11.7. The van der Waals surface area contributed by atoms with Gasteiger partial charge in [-0.25, -0.2) is 4.79 Å². The Kier molecular flexibility index (Phi) is 4.30. The second kappa shape index (κ2) is 5.66. The highest BCUT2D eigenvalue weighted by molar-refractivity contribution is 7.98. The van der Waals surface area contributed by atoms with Crippen molar-refractivity contribution >= 4 is 35.3 Å². The van der Waals surface area contributed by atoms with Crippen LogP contribution in [0.25, 0.3) is 0 Å². The molecule has 0 bridgehead atoms. The van der Waals surface area contributed by atoms with Crippen molar-refractivity contribution in [2.75, 3.05) is 26.1 Å². The molecule has 1 aromatic rings. The van der Waals surface area contributed by atoms with Crippen LogP contribution >= 0.6 is 23.4 Å². The Balaban J connectivity index is 2.53. The third kappa shape index (κ3) is 2.19. The number of amides is 3. The quantitative estimate of drug-likeness (QED) is 0.803. The molecule has 0 N–H and O–H groups in total. The summed E-state index contributed by atoms with van der Waals surface area (Å²) in [7, 11) is 3.20. The molecule has 0 radical (unpaired) electrons. The molecule has 1 atom stereocenters. The average Bonchev–Trinajstić information content (AvgIpc) is 2.61. The molecule has 6 heteroatoms. The van der Waals surface area contributed by atoms with Gasteiger partial charge in [0.25, 0.3) is 5.91 Å². The van der Waals surface area contributed by atoms with Crippen LogP contribution in [0.3, 0.4) is 0 Å². The molecule has 2 rings (SSSR count). The molecule has 0 aromatic heterocycles. The van der Waals surface area contributed by atoms with E-state index in [1.807, 2.05) is 18.4 Å². The van der Waals surface area contributed by atoms with Crippen molar-refractivity contribution in [1.82, 2.24) is 9.80 Å². The van der Waals surface area contributed by atoms with Crippen LogP contribution in [0.15, 0.2) is 24.3 Å². The Hall–Kier alpha value is -1.20. The third-order valence-corrected chi connectivity index (χ3v) is 4.66. The van der Waals surface area contributed by atoms with Crippen LogP contribution in [-0.2, 0) is 10.3 Å². The van der Waals surface area contributed by atoms with Crippen LogP contribution in [0, 0.1) is 0 Å². The van der Waals surface area contributed by atoms with E-state index in [1.54, 1.807) is 30.9 Å². The van der Waals surface area contributed by atoms with Gasteiger partial charge in [0, 0.05) is 19.1 Å². The predicted octanol–water partition coefficient (Wildman–Crippen LogP) is 2.81. The fourth-order valence-electron chi connectivity index (χ4n) is 2.61. The van der Waals surface area contributed by atoms with Crippen molar-refractivity contribution in [2.24, 2.45) is 0 Å². The second-order valence-electron chi connectivity index (χ2n) is 4.82. The fraction of sp³-hybridized carbons (Fsp3) is 0.429. The van der Waals surface area contributed by atoms with E-state index in [-0.39, 0.29) is 11.9 Å². The number of hydrogen-bond donors (Lipinski definition) is 0. The molecule has 1 saturated heterocycles. The van der Waals surface area contributed by atoms with Crippen LogP contribution in [-0.4, -0.2) is 47.8 Å². The molecule has 1 unspecified atom stereocenters. The number of benzene rings is 1. The van der Waals surface area contributed by atoms with Gasteiger partial charge in [0.15, 0.2) is 0 Å². The summed E-state index contributed by atoms with van der Waals surface area (Å²) in [5.74, 6) is 0.612. The van der Waals surface area contributed by atoms with Gasteiger partial charge in [-0.2, -0.15) is 11.8 Å². The van der Waals surface area contributed by atoms with Crippen molar-refractivity contribution in [2.45, 2.75) is 12.0 Å². The van der Waals surface area contributed by atoms with Crippen LogP contribution in [0.5, 0.6) is 0 Å². The first-order valence-corrected chi connectivity index (χ1v) is 8.03. The maximum atomic E-state index is 12.7. The molecule has 108 valence electrons. The number of rotatable bonds is 4. The minimum Gasteiger partial charge on any atom is -0.308 e. The lowest BCUT2D eigenvalue weighted by Crippen LogP contribution is -2.45. The van der Waals surface area contributed by atoms with Crippen molar-refractivity contribution < 1.29 is 9.59 Å². The van der Waals surface area contributed by atoms with E-state index in [2.05, 4.69) is 0 Å². The Morgan fingerprint density at radius 1 is 1.20 bits per heavy atom.